The number of anilines is 1. The Bertz CT molecular complexity index is 468. The number of hydrogen-bond donors (Lipinski definition) is 3. The fourth-order valence-corrected chi connectivity index (χ4v) is 1.38. The molecule has 7 heteroatoms. The van der Waals surface area contributed by atoms with Crippen LogP contribution in [0, 0.1) is 5.82 Å². The number of rotatable bonds is 6. The van der Waals surface area contributed by atoms with Crippen LogP contribution in [0.5, 0.6) is 0 Å². The molecule has 20 heavy (non-hydrogen) atoms. The Morgan fingerprint density at radius 1 is 1.35 bits per heavy atom. The van der Waals surface area contributed by atoms with Crippen LogP contribution in [0.15, 0.2) is 24.3 Å². The van der Waals surface area contributed by atoms with Crippen LogP contribution in [0.4, 0.5) is 14.9 Å². The number of urea groups is 1. The third-order valence-electron chi connectivity index (χ3n) is 2.46. The van der Waals surface area contributed by atoms with Crippen molar-refractivity contribution in [2.45, 2.75) is 13.0 Å². The second kappa shape index (κ2) is 8.11. The highest BCUT2D eigenvalue weighted by molar-refractivity contribution is 5.96. The number of carbonyl (C=O) groups excluding carboxylic acids is 2. The molecule has 110 valence electrons. The summed E-state index contributed by atoms with van der Waals surface area (Å²) < 4.78 is 18.1. The standard InChI is InChI=1S/C13H18FN3O3/c1-9(16-13(19)15-7-8-20-2)12(18)17-11-6-4-3-5-10(11)14/h3-6,9H,7-8H2,1-2H3,(H,17,18)(H2,15,16,19). The van der Waals surface area contributed by atoms with Gasteiger partial charge in [0.25, 0.3) is 0 Å². The average molecular weight is 283 g/mol. The molecule has 3 amide bonds. The van der Waals surface area contributed by atoms with Gasteiger partial charge in [-0.05, 0) is 19.1 Å². The molecule has 0 spiro atoms. The lowest BCUT2D eigenvalue weighted by Crippen LogP contribution is -2.47. The molecule has 1 aromatic carbocycles. The molecule has 0 aliphatic carbocycles. The summed E-state index contributed by atoms with van der Waals surface area (Å²) in [6.45, 7) is 2.22. The Morgan fingerprint density at radius 3 is 2.70 bits per heavy atom. The molecule has 0 fully saturated rings. The van der Waals surface area contributed by atoms with Crippen molar-refractivity contribution in [1.82, 2.24) is 10.6 Å². The van der Waals surface area contributed by atoms with E-state index in [0.29, 0.717) is 13.2 Å². The number of halogens is 1. The lowest BCUT2D eigenvalue weighted by atomic mass is 10.2. The van der Waals surface area contributed by atoms with E-state index in [1.165, 1.54) is 32.2 Å². The van der Waals surface area contributed by atoms with Crippen LogP contribution >= 0.6 is 0 Å². The van der Waals surface area contributed by atoms with Crippen molar-refractivity contribution >= 4 is 17.6 Å². The van der Waals surface area contributed by atoms with Crippen molar-refractivity contribution in [3.63, 3.8) is 0 Å². The first-order chi connectivity index (χ1) is 9.54. The Labute approximate surface area is 116 Å². The van der Waals surface area contributed by atoms with Gasteiger partial charge >= 0.3 is 6.03 Å². The average Bonchev–Trinajstić information content (AvgIpc) is 2.41. The zero-order valence-electron chi connectivity index (χ0n) is 11.4. The fraction of sp³-hybridized carbons (Fsp3) is 0.385. The summed E-state index contributed by atoms with van der Waals surface area (Å²) in [5.41, 5.74) is 0.0749. The Kier molecular flexibility index (Phi) is 6.45. The third-order valence-corrected chi connectivity index (χ3v) is 2.46. The molecule has 0 saturated heterocycles. The van der Waals surface area contributed by atoms with Crippen LogP contribution in [-0.2, 0) is 9.53 Å². The number of nitrogens with one attached hydrogen (secondary N) is 3. The molecule has 6 nitrogen and oxygen atoms in total. The zero-order valence-corrected chi connectivity index (χ0v) is 11.4. The van der Waals surface area contributed by atoms with E-state index in [9.17, 15) is 14.0 Å². The second-order valence-electron chi connectivity index (χ2n) is 4.08. The second-order valence-corrected chi connectivity index (χ2v) is 4.08. The fourth-order valence-electron chi connectivity index (χ4n) is 1.38. The molecule has 1 atom stereocenters. The van der Waals surface area contributed by atoms with Crippen molar-refractivity contribution in [2.75, 3.05) is 25.6 Å². The van der Waals surface area contributed by atoms with Gasteiger partial charge in [-0.2, -0.15) is 0 Å². The van der Waals surface area contributed by atoms with Crippen molar-refractivity contribution in [3.8, 4) is 0 Å². The molecule has 1 rings (SSSR count). The number of methoxy groups -OCH3 is 1. The van der Waals surface area contributed by atoms with Gasteiger partial charge in [0.2, 0.25) is 5.91 Å². The first-order valence-corrected chi connectivity index (χ1v) is 6.13. The minimum absolute atomic E-state index is 0.0749. The minimum Gasteiger partial charge on any atom is -0.383 e. The van der Waals surface area contributed by atoms with E-state index >= 15 is 0 Å². The SMILES string of the molecule is COCCNC(=O)NC(C)C(=O)Nc1ccccc1F. The third kappa shape index (κ3) is 5.23. The molecular formula is C13H18FN3O3. The number of hydrogen-bond acceptors (Lipinski definition) is 3. The monoisotopic (exact) mass is 283 g/mol. The summed E-state index contributed by atoms with van der Waals surface area (Å²) in [7, 11) is 1.52. The molecule has 0 saturated carbocycles. The number of amides is 3. The molecule has 0 bridgehead atoms. The zero-order chi connectivity index (χ0) is 15.0. The maximum Gasteiger partial charge on any atom is 0.315 e. The van der Waals surface area contributed by atoms with Crippen LogP contribution in [0.25, 0.3) is 0 Å². The predicted molar refractivity (Wildman–Crippen MR) is 72.9 cm³/mol. The molecule has 0 radical (unpaired) electrons. The van der Waals surface area contributed by atoms with Crippen LogP contribution in [0.2, 0.25) is 0 Å². The smallest absolute Gasteiger partial charge is 0.315 e. The summed E-state index contributed by atoms with van der Waals surface area (Å²) in [6, 6.07) is 4.53. The topological polar surface area (TPSA) is 79.5 Å². The number of carbonyl (C=O) groups is 2. The molecule has 0 aromatic heterocycles. The highest BCUT2D eigenvalue weighted by atomic mass is 19.1. The molecule has 3 N–H and O–H groups in total. The number of ether oxygens (including phenoxy) is 1. The van der Waals surface area contributed by atoms with E-state index in [1.807, 2.05) is 0 Å². The van der Waals surface area contributed by atoms with E-state index in [-0.39, 0.29) is 5.69 Å². The van der Waals surface area contributed by atoms with Gasteiger partial charge in [0.1, 0.15) is 11.9 Å². The number of para-hydroxylation sites is 1. The normalized spacial score (nSPS) is 11.6. The van der Waals surface area contributed by atoms with Gasteiger partial charge in [-0.15, -0.1) is 0 Å². The highest BCUT2D eigenvalue weighted by Gasteiger charge is 2.16. The maximum absolute atomic E-state index is 13.4. The van der Waals surface area contributed by atoms with Gasteiger partial charge in [0.05, 0.1) is 12.3 Å². The van der Waals surface area contributed by atoms with E-state index in [4.69, 9.17) is 4.74 Å². The Balaban J connectivity index is 2.43. The quantitative estimate of drug-likeness (QED) is 0.684. The van der Waals surface area contributed by atoms with Crippen molar-refractivity contribution < 1.29 is 18.7 Å². The minimum atomic E-state index is -0.794. The van der Waals surface area contributed by atoms with Gasteiger partial charge < -0.3 is 20.7 Å². The summed E-state index contributed by atoms with van der Waals surface area (Å²) >= 11 is 0. The molecule has 0 aliphatic heterocycles. The van der Waals surface area contributed by atoms with E-state index < -0.39 is 23.8 Å². The predicted octanol–water partition coefficient (Wildman–Crippen LogP) is 1.10. The van der Waals surface area contributed by atoms with Gasteiger partial charge in [-0.3, -0.25) is 4.79 Å². The maximum atomic E-state index is 13.4. The molecule has 1 unspecified atom stereocenters. The van der Waals surface area contributed by atoms with Gasteiger partial charge in [0.15, 0.2) is 0 Å². The number of benzene rings is 1. The van der Waals surface area contributed by atoms with Crippen LogP contribution < -0.4 is 16.0 Å². The lowest BCUT2D eigenvalue weighted by molar-refractivity contribution is -0.117. The summed E-state index contributed by atoms with van der Waals surface area (Å²) in [5, 5.41) is 7.36. The highest BCUT2D eigenvalue weighted by Crippen LogP contribution is 2.12. The van der Waals surface area contributed by atoms with Crippen LogP contribution in [0.3, 0.4) is 0 Å². The lowest BCUT2D eigenvalue weighted by Gasteiger charge is -2.15. The van der Waals surface area contributed by atoms with Crippen molar-refractivity contribution in [1.29, 1.82) is 0 Å². The molecule has 1 aromatic rings. The van der Waals surface area contributed by atoms with Crippen molar-refractivity contribution in [3.05, 3.63) is 30.1 Å². The Morgan fingerprint density at radius 2 is 2.05 bits per heavy atom. The summed E-state index contributed by atoms with van der Waals surface area (Å²) in [5.74, 6) is -1.03. The molecule has 0 heterocycles. The van der Waals surface area contributed by atoms with Crippen LogP contribution in [0.1, 0.15) is 6.92 Å². The first-order valence-electron chi connectivity index (χ1n) is 6.13. The van der Waals surface area contributed by atoms with E-state index in [2.05, 4.69) is 16.0 Å². The van der Waals surface area contributed by atoms with E-state index in [1.54, 1.807) is 6.07 Å². The van der Waals surface area contributed by atoms with Gasteiger partial charge in [-0.25, -0.2) is 9.18 Å². The first kappa shape index (κ1) is 15.9. The largest absolute Gasteiger partial charge is 0.383 e. The van der Waals surface area contributed by atoms with Crippen molar-refractivity contribution in [2.24, 2.45) is 0 Å². The van der Waals surface area contributed by atoms with Gasteiger partial charge in [0, 0.05) is 13.7 Å². The molecule has 0 aliphatic rings. The summed E-state index contributed by atoms with van der Waals surface area (Å²) in [6.07, 6.45) is 0. The Hall–Kier alpha value is -2.15. The van der Waals surface area contributed by atoms with Crippen LogP contribution in [-0.4, -0.2) is 38.2 Å². The summed E-state index contributed by atoms with van der Waals surface area (Å²) in [4.78, 5) is 23.2. The van der Waals surface area contributed by atoms with Gasteiger partial charge in [-0.1, -0.05) is 12.1 Å². The van der Waals surface area contributed by atoms with E-state index in [0.717, 1.165) is 0 Å². The molecular weight excluding hydrogens is 265 g/mol.